The van der Waals surface area contributed by atoms with Crippen LogP contribution in [0.5, 0.6) is 0 Å². The van der Waals surface area contributed by atoms with Crippen molar-refractivity contribution in [2.75, 3.05) is 26.4 Å². The van der Waals surface area contributed by atoms with Gasteiger partial charge in [0.25, 0.3) is 0 Å². The largest absolute Gasteiger partial charge is 0.395 e. The molecule has 0 aromatic carbocycles. The zero-order chi connectivity index (χ0) is 19.2. The predicted molar refractivity (Wildman–Crippen MR) is 105 cm³/mol. The van der Waals surface area contributed by atoms with Crippen molar-refractivity contribution in [2.45, 2.75) is 71.9 Å². The zero-order valence-corrected chi connectivity index (χ0v) is 16.9. The lowest BCUT2D eigenvalue weighted by atomic mass is 9.84. The van der Waals surface area contributed by atoms with Crippen molar-refractivity contribution >= 4 is 5.91 Å². The number of allylic oxidation sites excluding steroid dienone is 3. The normalized spacial score (nSPS) is 24.1. The third kappa shape index (κ3) is 5.41. The fraction of sp³-hybridized carbons (Fsp3) is 0.762. The number of hydrogen-bond acceptors (Lipinski definition) is 4. The second-order valence-corrected chi connectivity index (χ2v) is 8.17. The summed E-state index contributed by atoms with van der Waals surface area (Å²) in [5.41, 5.74) is 1.59. The summed E-state index contributed by atoms with van der Waals surface area (Å²) in [7, 11) is 0. The summed E-state index contributed by atoms with van der Waals surface area (Å²) in [6, 6.07) is 0.432. The van der Waals surface area contributed by atoms with Crippen LogP contribution in [0.15, 0.2) is 23.4 Å². The molecule has 5 heteroatoms. The molecule has 2 fully saturated rings. The Bertz CT molecular complexity index is 533. The zero-order valence-electron chi connectivity index (χ0n) is 16.9. The summed E-state index contributed by atoms with van der Waals surface area (Å²) >= 11 is 0. The lowest BCUT2D eigenvalue weighted by molar-refractivity contribution is -0.126. The van der Waals surface area contributed by atoms with Gasteiger partial charge in [-0.1, -0.05) is 26.8 Å². The molecule has 1 unspecified atom stereocenters. The average Bonchev–Trinajstić information content (AvgIpc) is 3.12. The average molecular weight is 365 g/mol. The van der Waals surface area contributed by atoms with Gasteiger partial charge in [0.2, 0.25) is 5.91 Å². The highest BCUT2D eigenvalue weighted by molar-refractivity contribution is 5.83. The van der Waals surface area contributed by atoms with Crippen LogP contribution in [0.4, 0.5) is 0 Å². The molecule has 1 atom stereocenters. The van der Waals surface area contributed by atoms with Crippen LogP contribution >= 0.6 is 0 Å². The van der Waals surface area contributed by atoms with Gasteiger partial charge in [-0.3, -0.25) is 9.69 Å². The number of aliphatic hydroxyl groups is 1. The first-order chi connectivity index (χ1) is 12.4. The van der Waals surface area contributed by atoms with Crippen LogP contribution < -0.4 is 5.32 Å². The predicted octanol–water partition coefficient (Wildman–Crippen LogP) is 3.00. The van der Waals surface area contributed by atoms with Crippen molar-refractivity contribution < 1.29 is 14.6 Å². The van der Waals surface area contributed by atoms with E-state index in [4.69, 9.17) is 4.74 Å². The Morgan fingerprint density at radius 3 is 2.62 bits per heavy atom. The molecule has 1 amide bonds. The molecule has 148 valence electrons. The Kier molecular flexibility index (Phi) is 7.86. The number of carbonyl (C=O) groups is 1. The van der Waals surface area contributed by atoms with E-state index in [1.165, 1.54) is 0 Å². The van der Waals surface area contributed by atoms with Gasteiger partial charge in [0.05, 0.1) is 12.6 Å². The van der Waals surface area contributed by atoms with E-state index in [1.54, 1.807) is 0 Å². The molecule has 2 aliphatic heterocycles. The van der Waals surface area contributed by atoms with Gasteiger partial charge in [0.1, 0.15) is 0 Å². The molecule has 0 radical (unpaired) electrons. The molecule has 0 saturated carbocycles. The molecule has 0 aromatic heterocycles. The fourth-order valence-electron chi connectivity index (χ4n) is 3.91. The van der Waals surface area contributed by atoms with Gasteiger partial charge >= 0.3 is 0 Å². The lowest BCUT2D eigenvalue weighted by Gasteiger charge is -2.34. The van der Waals surface area contributed by atoms with Crippen molar-refractivity contribution in [1.82, 2.24) is 10.2 Å². The van der Waals surface area contributed by atoms with E-state index in [1.807, 2.05) is 26.8 Å². The van der Waals surface area contributed by atoms with Crippen LogP contribution in [0.3, 0.4) is 0 Å². The molecule has 0 aliphatic carbocycles. The van der Waals surface area contributed by atoms with Crippen LogP contribution in [-0.2, 0) is 9.53 Å². The highest BCUT2D eigenvalue weighted by Gasteiger charge is 2.36. The number of hydrogen-bond donors (Lipinski definition) is 2. The van der Waals surface area contributed by atoms with Gasteiger partial charge in [-0.25, -0.2) is 0 Å². The van der Waals surface area contributed by atoms with E-state index >= 15 is 0 Å². The molecular weight excluding hydrogens is 328 g/mol. The highest BCUT2D eigenvalue weighted by atomic mass is 16.5. The van der Waals surface area contributed by atoms with E-state index in [2.05, 4.69) is 23.2 Å². The number of nitrogens with zero attached hydrogens (tertiary/aromatic N) is 1. The van der Waals surface area contributed by atoms with E-state index in [0.29, 0.717) is 6.04 Å². The Balaban J connectivity index is 2.03. The minimum absolute atomic E-state index is 0.0362. The third-order valence-electron chi connectivity index (χ3n) is 5.55. The number of rotatable bonds is 7. The molecule has 0 spiro atoms. The molecule has 2 heterocycles. The van der Waals surface area contributed by atoms with Crippen molar-refractivity contribution in [3.8, 4) is 0 Å². The van der Waals surface area contributed by atoms with Crippen LogP contribution in [0.2, 0.25) is 0 Å². The summed E-state index contributed by atoms with van der Waals surface area (Å²) in [5.74, 6) is 0.0976. The fourth-order valence-corrected chi connectivity index (χ4v) is 3.91. The summed E-state index contributed by atoms with van der Waals surface area (Å²) in [6.45, 7) is 10.7. The first kappa shape index (κ1) is 21.1. The summed E-state index contributed by atoms with van der Waals surface area (Å²) in [5, 5.41) is 12.8. The number of carbonyl (C=O) groups excluding carboxylic acids is 1. The molecule has 2 N–H and O–H groups in total. The van der Waals surface area contributed by atoms with Crippen molar-refractivity contribution in [1.29, 1.82) is 0 Å². The summed E-state index contributed by atoms with van der Waals surface area (Å²) in [4.78, 5) is 15.3. The maximum Gasteiger partial charge on any atom is 0.241 e. The second kappa shape index (κ2) is 9.67. The first-order valence-corrected chi connectivity index (χ1v) is 10.0. The van der Waals surface area contributed by atoms with Crippen LogP contribution in [0, 0.1) is 5.41 Å². The number of amides is 1. The minimum Gasteiger partial charge on any atom is -0.395 e. The molecule has 5 nitrogen and oxygen atoms in total. The molecule has 2 saturated heterocycles. The van der Waals surface area contributed by atoms with E-state index in [0.717, 1.165) is 63.1 Å². The van der Waals surface area contributed by atoms with Gasteiger partial charge < -0.3 is 15.2 Å². The number of aliphatic hydroxyl groups excluding tert-OH is 1. The third-order valence-corrected chi connectivity index (χ3v) is 5.55. The Morgan fingerprint density at radius 2 is 2.00 bits per heavy atom. The van der Waals surface area contributed by atoms with Gasteiger partial charge in [-0.2, -0.15) is 0 Å². The molecule has 0 bridgehead atoms. The van der Waals surface area contributed by atoms with Crippen molar-refractivity contribution in [3.63, 3.8) is 0 Å². The van der Waals surface area contributed by atoms with Gasteiger partial charge in [-0.15, -0.1) is 0 Å². The quantitative estimate of drug-likeness (QED) is 0.682. The summed E-state index contributed by atoms with van der Waals surface area (Å²) in [6.07, 6.45) is 9.07. The van der Waals surface area contributed by atoms with Crippen LogP contribution in [0.1, 0.15) is 59.8 Å². The number of nitrogens with one attached hydrogen (secondary N) is 1. The van der Waals surface area contributed by atoms with Crippen molar-refractivity contribution in [2.24, 2.45) is 5.41 Å². The van der Waals surface area contributed by atoms with Crippen molar-refractivity contribution in [3.05, 3.63) is 23.4 Å². The molecule has 0 aromatic rings. The van der Waals surface area contributed by atoms with E-state index < -0.39 is 0 Å². The molecule has 2 aliphatic rings. The molecular formula is C21H36N2O3. The lowest BCUT2D eigenvalue weighted by Crippen LogP contribution is -2.49. The minimum atomic E-state index is -0.316. The first-order valence-electron chi connectivity index (χ1n) is 10.0. The van der Waals surface area contributed by atoms with Gasteiger partial charge in [-0.05, 0) is 57.2 Å². The standard InChI is InChI=1S/C21H36N2O3/c1-5-7-17(21(3,4)15-24)14-16(2)22-20(25)19-8-6-11-23(19)18-9-12-26-13-10-18/h7,14,18-19,24H,5-6,8-13,15H2,1-4H3,(H,22,25)/b16-14+,17-7+. The Hall–Kier alpha value is -1.17. The topological polar surface area (TPSA) is 61.8 Å². The van der Waals surface area contributed by atoms with E-state index in [9.17, 15) is 9.90 Å². The Morgan fingerprint density at radius 1 is 1.31 bits per heavy atom. The second-order valence-electron chi connectivity index (χ2n) is 8.17. The van der Waals surface area contributed by atoms with Gasteiger partial charge in [0, 0.05) is 30.4 Å². The monoisotopic (exact) mass is 364 g/mol. The molecule has 2 rings (SSSR count). The van der Waals surface area contributed by atoms with Gasteiger partial charge in [0.15, 0.2) is 0 Å². The SMILES string of the molecule is CC/C=C(\C=C(/C)NC(=O)C1CCCN1C1CCOCC1)C(C)(C)CO. The number of ether oxygens (including phenoxy) is 1. The number of likely N-dealkylation sites (tertiary alicyclic amines) is 1. The summed E-state index contributed by atoms with van der Waals surface area (Å²) < 4.78 is 5.47. The van der Waals surface area contributed by atoms with Crippen LogP contribution in [-0.4, -0.2) is 54.4 Å². The highest BCUT2D eigenvalue weighted by Crippen LogP contribution is 2.28. The Labute approximate surface area is 158 Å². The molecule has 26 heavy (non-hydrogen) atoms. The maximum atomic E-state index is 12.9. The smallest absolute Gasteiger partial charge is 0.241 e. The van der Waals surface area contributed by atoms with Crippen LogP contribution in [0.25, 0.3) is 0 Å². The van der Waals surface area contributed by atoms with E-state index in [-0.39, 0.29) is 24.0 Å². The maximum absolute atomic E-state index is 12.9.